The first kappa shape index (κ1) is 29.0. The Morgan fingerprint density at radius 1 is 1.03 bits per heavy atom. The quantitative estimate of drug-likeness (QED) is 0.149. The van der Waals surface area contributed by atoms with Crippen LogP contribution < -0.4 is 15.8 Å². The van der Waals surface area contributed by atoms with E-state index in [1.807, 2.05) is 0 Å². The second-order valence-corrected chi connectivity index (χ2v) is 12.1. The fourth-order valence-corrected chi connectivity index (χ4v) is 5.90. The van der Waals surface area contributed by atoms with E-state index in [1.54, 1.807) is 0 Å². The normalized spacial score (nSPS) is 12.3. The van der Waals surface area contributed by atoms with Gasteiger partial charge >= 0.3 is 10.4 Å². The zero-order valence-corrected chi connectivity index (χ0v) is 21.8. The lowest BCUT2D eigenvalue weighted by atomic mass is 9.97. The number of aldehydes is 1. The number of nitrogen functional groups attached to an aromatic ring is 1. The van der Waals surface area contributed by atoms with Crippen LogP contribution in [0.15, 0.2) is 52.3 Å². The van der Waals surface area contributed by atoms with E-state index in [0.717, 1.165) is 12.1 Å². The lowest BCUT2D eigenvalue weighted by Gasteiger charge is -2.15. The number of hydrogen-bond donors (Lipinski definition) is 4. The molecule has 38 heavy (non-hydrogen) atoms. The molecular weight excluding hydrogens is 568 g/mol. The van der Waals surface area contributed by atoms with E-state index in [1.165, 1.54) is 37.4 Å². The molecule has 3 rings (SSSR count). The van der Waals surface area contributed by atoms with Crippen LogP contribution in [0.3, 0.4) is 0 Å². The van der Waals surface area contributed by atoms with Gasteiger partial charge in [0.15, 0.2) is 16.1 Å². The number of nitrogens with one attached hydrogen (secondary N) is 1. The minimum atomic E-state index is -4.89. The van der Waals surface area contributed by atoms with Gasteiger partial charge in [0.25, 0.3) is 16.0 Å². The fourth-order valence-electron chi connectivity index (χ4n) is 3.55. The predicted molar refractivity (Wildman–Crippen MR) is 134 cm³/mol. The molecule has 0 aliphatic carbocycles. The Morgan fingerprint density at radius 3 is 2.29 bits per heavy atom. The van der Waals surface area contributed by atoms with Crippen molar-refractivity contribution in [1.82, 2.24) is 0 Å². The molecule has 0 aromatic heterocycles. The molecular formula is C21H20N2O12S3. The lowest BCUT2D eigenvalue weighted by molar-refractivity contribution is 0.102. The van der Waals surface area contributed by atoms with Crippen molar-refractivity contribution < 1.29 is 52.9 Å². The summed E-state index contributed by atoms with van der Waals surface area (Å²) in [6, 6.07) is 8.31. The molecule has 5 N–H and O–H groups in total. The lowest BCUT2D eigenvalue weighted by Crippen LogP contribution is -2.18. The van der Waals surface area contributed by atoms with E-state index >= 15 is 0 Å². The van der Waals surface area contributed by atoms with Crippen molar-refractivity contribution in [3.8, 4) is 5.75 Å². The van der Waals surface area contributed by atoms with E-state index in [2.05, 4.69) is 9.50 Å². The van der Waals surface area contributed by atoms with Crippen LogP contribution in [-0.4, -0.2) is 66.0 Å². The summed E-state index contributed by atoms with van der Waals surface area (Å²) in [6.45, 7) is -0.911. The number of carbonyl (C=O) groups is 2. The number of fused-ring (bicyclic) bond motifs is 1. The van der Waals surface area contributed by atoms with Crippen LogP contribution in [0.1, 0.15) is 20.7 Å². The first-order valence-corrected chi connectivity index (χ1v) is 14.7. The average Bonchev–Trinajstić information content (AvgIpc) is 2.82. The summed E-state index contributed by atoms with van der Waals surface area (Å²) in [5, 5.41) is 2.36. The maximum absolute atomic E-state index is 13.2. The van der Waals surface area contributed by atoms with Gasteiger partial charge in [-0.15, -0.1) is 0 Å². The highest BCUT2D eigenvalue weighted by atomic mass is 32.3. The van der Waals surface area contributed by atoms with Gasteiger partial charge in [-0.05, 0) is 24.3 Å². The minimum Gasteiger partial charge on any atom is -0.495 e. The van der Waals surface area contributed by atoms with Crippen LogP contribution in [0.4, 0.5) is 11.4 Å². The summed E-state index contributed by atoms with van der Waals surface area (Å²) < 4.78 is 98.1. The van der Waals surface area contributed by atoms with Crippen LogP contribution in [0.5, 0.6) is 5.75 Å². The second-order valence-electron chi connectivity index (χ2n) is 7.59. The van der Waals surface area contributed by atoms with Gasteiger partial charge in [0.2, 0.25) is 0 Å². The smallest absolute Gasteiger partial charge is 0.397 e. The van der Waals surface area contributed by atoms with Gasteiger partial charge in [0, 0.05) is 27.6 Å². The van der Waals surface area contributed by atoms with E-state index < -0.39 is 64.1 Å². The first-order valence-electron chi connectivity index (χ1n) is 10.2. The Morgan fingerprint density at radius 2 is 1.71 bits per heavy atom. The summed E-state index contributed by atoms with van der Waals surface area (Å²) in [4.78, 5) is 23.6. The Hall–Kier alpha value is -3.61. The number of rotatable bonds is 10. The van der Waals surface area contributed by atoms with Crippen LogP contribution >= 0.6 is 0 Å². The van der Waals surface area contributed by atoms with Gasteiger partial charge in [-0.1, -0.05) is 18.2 Å². The highest BCUT2D eigenvalue weighted by molar-refractivity contribution is 7.91. The van der Waals surface area contributed by atoms with Crippen molar-refractivity contribution in [1.29, 1.82) is 0 Å². The molecule has 0 spiro atoms. The Kier molecular flexibility index (Phi) is 8.10. The third kappa shape index (κ3) is 6.26. The van der Waals surface area contributed by atoms with Crippen LogP contribution in [0.2, 0.25) is 0 Å². The van der Waals surface area contributed by atoms with Gasteiger partial charge in [-0.3, -0.25) is 18.7 Å². The van der Waals surface area contributed by atoms with E-state index in [0.29, 0.717) is 6.29 Å². The number of ether oxygens (including phenoxy) is 1. The zero-order valence-electron chi connectivity index (χ0n) is 19.3. The average molecular weight is 589 g/mol. The molecule has 204 valence electrons. The van der Waals surface area contributed by atoms with E-state index in [9.17, 15) is 39.4 Å². The van der Waals surface area contributed by atoms with Crippen LogP contribution in [0, 0.1) is 0 Å². The Bertz CT molecular complexity index is 1770. The van der Waals surface area contributed by atoms with Gasteiger partial charge in [0.05, 0.1) is 25.2 Å². The summed E-state index contributed by atoms with van der Waals surface area (Å²) >= 11 is 0. The molecule has 0 aliphatic rings. The van der Waals surface area contributed by atoms with Crippen molar-refractivity contribution in [2.45, 2.75) is 9.79 Å². The zero-order chi connectivity index (χ0) is 28.5. The van der Waals surface area contributed by atoms with Crippen molar-refractivity contribution in [2.24, 2.45) is 0 Å². The highest BCUT2D eigenvalue weighted by Gasteiger charge is 2.25. The maximum atomic E-state index is 13.2. The standard InChI is InChI=1S/C21H20N2O12S3/c1-34-16-6-5-13(9-17(16)36(26,27)8-7-35-38(31,32)33)23-21(25)15-10-18(37(28,29)30)20(22)14-4-2-3-12(11-24)19(14)15/h2-6,9-11H,7-8,22H2,1H3,(H,23,25)(H,28,29,30)(H,31,32,33). The van der Waals surface area contributed by atoms with Crippen molar-refractivity contribution in [3.63, 3.8) is 0 Å². The molecule has 0 fully saturated rings. The molecule has 3 aromatic carbocycles. The molecule has 0 bridgehead atoms. The predicted octanol–water partition coefficient (Wildman–Crippen LogP) is 1.34. The highest BCUT2D eigenvalue weighted by Crippen LogP contribution is 2.34. The summed E-state index contributed by atoms with van der Waals surface area (Å²) in [7, 11) is -12.9. The third-order valence-electron chi connectivity index (χ3n) is 5.19. The van der Waals surface area contributed by atoms with Crippen LogP contribution in [-0.2, 0) is 34.5 Å². The Balaban J connectivity index is 2.10. The Labute approximate surface area is 217 Å². The summed E-state index contributed by atoms with van der Waals surface area (Å²) in [5.41, 5.74) is 4.99. The van der Waals surface area contributed by atoms with Crippen molar-refractivity contribution in [3.05, 3.63) is 53.6 Å². The molecule has 0 radical (unpaired) electrons. The molecule has 17 heteroatoms. The van der Waals surface area contributed by atoms with Crippen molar-refractivity contribution >= 4 is 64.7 Å². The first-order chi connectivity index (χ1) is 17.6. The summed E-state index contributed by atoms with van der Waals surface area (Å²) in [5.74, 6) is -2.04. The number of nitrogens with two attached hydrogens (primary N) is 1. The van der Waals surface area contributed by atoms with Gasteiger partial charge in [0.1, 0.15) is 15.5 Å². The monoisotopic (exact) mass is 588 g/mol. The van der Waals surface area contributed by atoms with E-state index in [-0.39, 0.29) is 33.3 Å². The molecule has 14 nitrogen and oxygen atoms in total. The van der Waals surface area contributed by atoms with Crippen LogP contribution in [0.25, 0.3) is 10.8 Å². The minimum absolute atomic E-state index is 0.00768. The molecule has 3 aromatic rings. The number of amides is 1. The number of sulfone groups is 1. The molecule has 0 unspecified atom stereocenters. The topological polar surface area (TPSA) is 234 Å². The van der Waals surface area contributed by atoms with Crippen molar-refractivity contribution in [2.75, 3.05) is 30.5 Å². The summed E-state index contributed by atoms with van der Waals surface area (Å²) in [6.07, 6.45) is 0.415. The molecule has 0 saturated carbocycles. The number of hydrogen-bond acceptors (Lipinski definition) is 11. The number of methoxy groups -OCH3 is 1. The van der Waals surface area contributed by atoms with Gasteiger partial charge < -0.3 is 15.8 Å². The number of benzene rings is 3. The number of carbonyl (C=O) groups excluding carboxylic acids is 2. The largest absolute Gasteiger partial charge is 0.495 e. The molecule has 0 heterocycles. The molecule has 0 atom stereocenters. The maximum Gasteiger partial charge on any atom is 0.397 e. The molecule has 1 amide bonds. The van der Waals surface area contributed by atoms with Gasteiger partial charge in [-0.2, -0.15) is 16.8 Å². The third-order valence-corrected chi connectivity index (χ3v) is 8.24. The van der Waals surface area contributed by atoms with E-state index in [4.69, 9.17) is 15.0 Å². The fraction of sp³-hybridized carbons (Fsp3) is 0.143. The second kappa shape index (κ2) is 10.6. The molecule has 0 saturated heterocycles. The molecule has 0 aliphatic heterocycles. The SMILES string of the molecule is COc1ccc(NC(=O)c2cc(S(=O)(=O)O)c(N)c3cccc(C=O)c23)cc1S(=O)(=O)CCOS(=O)(=O)O. The number of anilines is 2. The van der Waals surface area contributed by atoms with Gasteiger partial charge in [-0.25, -0.2) is 12.6 Å².